The van der Waals surface area contributed by atoms with Crippen molar-refractivity contribution in [2.24, 2.45) is 0 Å². The van der Waals surface area contributed by atoms with E-state index in [0.29, 0.717) is 16.9 Å². The summed E-state index contributed by atoms with van der Waals surface area (Å²) in [4.78, 5) is 30.9. The van der Waals surface area contributed by atoms with E-state index >= 15 is 0 Å². The third-order valence-electron chi connectivity index (χ3n) is 5.14. The Morgan fingerprint density at radius 1 is 1.20 bits per heavy atom. The van der Waals surface area contributed by atoms with Crippen LogP contribution in [0.2, 0.25) is 0 Å². The van der Waals surface area contributed by atoms with Crippen molar-refractivity contribution in [1.82, 2.24) is 19.2 Å². The molecule has 0 saturated carbocycles. The SMILES string of the molecule is Cc1nn2cccnc2c1C(=O)OCC(=O)c1cc(C)n(CCc2cccs2)c1C. The summed E-state index contributed by atoms with van der Waals surface area (Å²) in [6, 6.07) is 7.75. The number of carbonyl (C=O) groups is 2. The van der Waals surface area contributed by atoms with Crippen LogP contribution in [0, 0.1) is 20.8 Å². The molecule has 4 aromatic rings. The molecule has 0 aromatic carbocycles. The van der Waals surface area contributed by atoms with Crippen LogP contribution in [0.4, 0.5) is 0 Å². The molecule has 4 rings (SSSR count). The van der Waals surface area contributed by atoms with E-state index in [4.69, 9.17) is 4.74 Å². The predicted octanol–water partition coefficient (Wildman–Crippen LogP) is 3.80. The van der Waals surface area contributed by atoms with Gasteiger partial charge in [0, 0.05) is 40.8 Å². The van der Waals surface area contributed by atoms with Crippen molar-refractivity contribution in [3.8, 4) is 0 Å². The van der Waals surface area contributed by atoms with E-state index in [1.54, 1.807) is 36.7 Å². The highest BCUT2D eigenvalue weighted by atomic mass is 32.1. The van der Waals surface area contributed by atoms with Gasteiger partial charge in [-0.15, -0.1) is 11.3 Å². The summed E-state index contributed by atoms with van der Waals surface area (Å²) >= 11 is 1.73. The number of esters is 1. The summed E-state index contributed by atoms with van der Waals surface area (Å²) in [5.74, 6) is -0.818. The fourth-order valence-electron chi connectivity index (χ4n) is 3.62. The largest absolute Gasteiger partial charge is 0.454 e. The number of Topliss-reactive ketones (excluding diaryl/α,β-unsaturated/α-hetero) is 1. The maximum Gasteiger partial charge on any atom is 0.344 e. The molecule has 0 aliphatic rings. The van der Waals surface area contributed by atoms with Crippen LogP contribution in [-0.4, -0.2) is 37.5 Å². The molecule has 0 fully saturated rings. The van der Waals surface area contributed by atoms with Crippen molar-refractivity contribution in [2.45, 2.75) is 33.7 Å². The van der Waals surface area contributed by atoms with E-state index in [1.165, 1.54) is 9.39 Å². The minimum Gasteiger partial charge on any atom is -0.454 e. The summed E-state index contributed by atoms with van der Waals surface area (Å²) in [7, 11) is 0. The molecule has 0 radical (unpaired) electrons. The molecule has 8 heteroatoms. The quantitative estimate of drug-likeness (QED) is 0.334. The van der Waals surface area contributed by atoms with Gasteiger partial charge in [-0.2, -0.15) is 5.10 Å². The van der Waals surface area contributed by atoms with Crippen LogP contribution in [0.1, 0.15) is 42.7 Å². The minimum atomic E-state index is -0.596. The van der Waals surface area contributed by atoms with Crippen LogP contribution < -0.4 is 0 Å². The first kappa shape index (κ1) is 20.0. The van der Waals surface area contributed by atoms with E-state index in [-0.39, 0.29) is 18.0 Å². The van der Waals surface area contributed by atoms with Crippen LogP contribution in [0.15, 0.2) is 42.0 Å². The van der Waals surface area contributed by atoms with Gasteiger partial charge in [0.15, 0.2) is 12.3 Å². The number of ketones is 1. The average Bonchev–Trinajstić information content (AvgIpc) is 3.42. The molecule has 154 valence electrons. The fourth-order valence-corrected chi connectivity index (χ4v) is 4.32. The van der Waals surface area contributed by atoms with Crippen LogP contribution in [-0.2, 0) is 17.7 Å². The zero-order chi connectivity index (χ0) is 21.3. The highest BCUT2D eigenvalue weighted by Gasteiger charge is 2.22. The first-order valence-corrected chi connectivity index (χ1v) is 10.5. The molecule has 0 amide bonds. The first-order valence-electron chi connectivity index (χ1n) is 9.65. The molecule has 0 unspecified atom stereocenters. The predicted molar refractivity (Wildman–Crippen MR) is 114 cm³/mol. The standard InChI is InChI=1S/C22H22N4O3S/c1-14-12-18(16(3)25(14)10-7-17-6-4-11-30-17)19(27)13-29-22(28)20-15(2)24-26-9-5-8-23-21(20)26/h4-6,8-9,11-12H,7,10,13H2,1-3H3. The summed E-state index contributed by atoms with van der Waals surface area (Å²) in [6.07, 6.45) is 4.21. The van der Waals surface area contributed by atoms with Gasteiger partial charge in [-0.1, -0.05) is 6.07 Å². The molecule has 30 heavy (non-hydrogen) atoms. The van der Waals surface area contributed by atoms with Crippen LogP contribution in [0.5, 0.6) is 0 Å². The Bertz CT molecular complexity index is 1220. The van der Waals surface area contributed by atoms with Gasteiger partial charge in [0.2, 0.25) is 5.78 Å². The molecule has 0 atom stereocenters. The van der Waals surface area contributed by atoms with E-state index < -0.39 is 5.97 Å². The second-order valence-corrected chi connectivity index (χ2v) is 8.15. The number of aryl methyl sites for hydroxylation is 3. The Hall–Kier alpha value is -3.26. The monoisotopic (exact) mass is 422 g/mol. The van der Waals surface area contributed by atoms with Crippen molar-refractivity contribution in [1.29, 1.82) is 0 Å². The summed E-state index contributed by atoms with van der Waals surface area (Å²) in [6.45, 7) is 6.11. The Morgan fingerprint density at radius 2 is 2.03 bits per heavy atom. The van der Waals surface area contributed by atoms with Gasteiger partial charge in [0.05, 0.1) is 5.69 Å². The molecule has 0 N–H and O–H groups in total. The topological polar surface area (TPSA) is 78.5 Å². The highest BCUT2D eigenvalue weighted by molar-refractivity contribution is 7.09. The number of ether oxygens (including phenoxy) is 1. The number of carbonyl (C=O) groups excluding carboxylic acids is 2. The normalized spacial score (nSPS) is 11.2. The Kier molecular flexibility index (Phi) is 5.50. The van der Waals surface area contributed by atoms with Crippen molar-refractivity contribution < 1.29 is 14.3 Å². The Morgan fingerprint density at radius 3 is 2.80 bits per heavy atom. The van der Waals surface area contributed by atoms with Gasteiger partial charge < -0.3 is 9.30 Å². The third kappa shape index (κ3) is 3.78. The van der Waals surface area contributed by atoms with E-state index in [1.807, 2.05) is 26.0 Å². The summed E-state index contributed by atoms with van der Waals surface area (Å²) < 4.78 is 8.98. The van der Waals surface area contributed by atoms with Gasteiger partial charge in [0.1, 0.15) is 5.56 Å². The van der Waals surface area contributed by atoms with Crippen LogP contribution in [0.25, 0.3) is 5.65 Å². The smallest absolute Gasteiger partial charge is 0.344 e. The second kappa shape index (κ2) is 8.23. The number of aromatic nitrogens is 4. The lowest BCUT2D eigenvalue weighted by Gasteiger charge is -2.09. The van der Waals surface area contributed by atoms with Gasteiger partial charge in [-0.05, 0) is 50.8 Å². The summed E-state index contributed by atoms with van der Waals surface area (Å²) in [5.41, 5.74) is 3.70. The molecule has 4 heterocycles. The number of thiophene rings is 1. The average molecular weight is 423 g/mol. The molecular formula is C22H22N4O3S. The van der Waals surface area contributed by atoms with Crippen molar-refractivity contribution in [3.05, 3.63) is 75.1 Å². The number of fused-ring (bicyclic) bond motifs is 1. The van der Waals surface area contributed by atoms with Gasteiger partial charge in [-0.25, -0.2) is 14.3 Å². The highest BCUT2D eigenvalue weighted by Crippen LogP contribution is 2.19. The molecule has 0 aliphatic carbocycles. The molecule has 0 saturated heterocycles. The number of nitrogens with zero attached hydrogens (tertiary/aromatic N) is 4. The zero-order valence-electron chi connectivity index (χ0n) is 17.1. The molecule has 0 spiro atoms. The number of hydrogen-bond donors (Lipinski definition) is 0. The molecule has 4 aromatic heterocycles. The van der Waals surface area contributed by atoms with E-state index in [0.717, 1.165) is 24.4 Å². The number of rotatable bonds is 7. The lowest BCUT2D eigenvalue weighted by molar-refractivity contribution is 0.0475. The van der Waals surface area contributed by atoms with Crippen molar-refractivity contribution >= 4 is 28.7 Å². The maximum atomic E-state index is 12.8. The molecule has 0 aliphatic heterocycles. The second-order valence-electron chi connectivity index (χ2n) is 7.11. The van der Waals surface area contributed by atoms with Crippen LogP contribution in [0.3, 0.4) is 0 Å². The van der Waals surface area contributed by atoms with Crippen molar-refractivity contribution in [3.63, 3.8) is 0 Å². The third-order valence-corrected chi connectivity index (χ3v) is 6.08. The maximum absolute atomic E-state index is 12.8. The van der Waals surface area contributed by atoms with Gasteiger partial charge >= 0.3 is 5.97 Å². The molecule has 7 nitrogen and oxygen atoms in total. The molecular weight excluding hydrogens is 400 g/mol. The fraction of sp³-hybridized carbons (Fsp3) is 0.273. The Balaban J connectivity index is 1.45. The Labute approximate surface area is 177 Å². The van der Waals surface area contributed by atoms with E-state index in [2.05, 4.69) is 26.1 Å². The zero-order valence-corrected chi connectivity index (χ0v) is 17.9. The lowest BCUT2D eigenvalue weighted by atomic mass is 10.1. The van der Waals surface area contributed by atoms with Crippen LogP contribution >= 0.6 is 11.3 Å². The van der Waals surface area contributed by atoms with Crippen molar-refractivity contribution in [2.75, 3.05) is 6.61 Å². The molecule has 0 bridgehead atoms. The lowest BCUT2D eigenvalue weighted by Crippen LogP contribution is -2.16. The number of hydrogen-bond acceptors (Lipinski definition) is 6. The van der Waals surface area contributed by atoms with Gasteiger partial charge in [-0.3, -0.25) is 4.79 Å². The minimum absolute atomic E-state index is 0.221. The first-order chi connectivity index (χ1) is 14.5. The van der Waals surface area contributed by atoms with Gasteiger partial charge in [0.25, 0.3) is 0 Å². The van der Waals surface area contributed by atoms with E-state index in [9.17, 15) is 9.59 Å². The summed E-state index contributed by atoms with van der Waals surface area (Å²) in [5, 5.41) is 6.32.